The highest BCUT2D eigenvalue weighted by Gasteiger charge is 2.28. The average Bonchev–Trinajstić information content (AvgIpc) is 3.39. The largest absolute Gasteiger partial charge is 0.468 e. The molecule has 0 bridgehead atoms. The predicted molar refractivity (Wildman–Crippen MR) is 107 cm³/mol. The summed E-state index contributed by atoms with van der Waals surface area (Å²) in [5, 5.41) is 2.83. The van der Waals surface area contributed by atoms with E-state index in [4.69, 9.17) is 25.5 Å². The first-order valence-corrected chi connectivity index (χ1v) is 10.6. The second-order valence-corrected chi connectivity index (χ2v) is 8.61. The summed E-state index contributed by atoms with van der Waals surface area (Å²) in [6.07, 6.45) is 2.57. The van der Waals surface area contributed by atoms with Crippen molar-refractivity contribution in [3.05, 3.63) is 65.8 Å². The van der Waals surface area contributed by atoms with Gasteiger partial charge in [0.15, 0.2) is 11.5 Å². The summed E-state index contributed by atoms with van der Waals surface area (Å²) in [5.41, 5.74) is 0.452. The van der Waals surface area contributed by atoms with Crippen molar-refractivity contribution in [1.82, 2.24) is 9.29 Å². The quantitative estimate of drug-likeness (QED) is 0.552. The Balaban J connectivity index is 1.55. The summed E-state index contributed by atoms with van der Waals surface area (Å²) in [5.74, 6) is 0.924. The summed E-state index contributed by atoms with van der Waals surface area (Å²) in [4.78, 5) is 16.4. The number of rotatable bonds is 7. The van der Waals surface area contributed by atoms with E-state index in [-0.39, 0.29) is 23.4 Å². The summed E-state index contributed by atoms with van der Waals surface area (Å²) in [6, 6.07) is 10.9. The van der Waals surface area contributed by atoms with Crippen LogP contribution in [0.15, 0.2) is 64.2 Å². The summed E-state index contributed by atoms with van der Waals surface area (Å²) in [6.45, 7) is -0.469. The molecule has 1 amide bonds. The van der Waals surface area contributed by atoms with Crippen LogP contribution in [0, 0.1) is 0 Å². The van der Waals surface area contributed by atoms with Gasteiger partial charge in [0, 0.05) is 18.0 Å². The number of hydrogen-bond donors (Lipinski definition) is 1. The zero-order valence-corrected chi connectivity index (χ0v) is 17.0. The number of nitrogens with zero attached hydrogens (tertiary/aromatic N) is 2. The van der Waals surface area contributed by atoms with E-state index >= 15 is 0 Å². The summed E-state index contributed by atoms with van der Waals surface area (Å²) < 4.78 is 43.0. The van der Waals surface area contributed by atoms with Gasteiger partial charge in [0.2, 0.25) is 22.7 Å². The number of sulfonamides is 1. The lowest BCUT2D eigenvalue weighted by atomic mass is 10.3. The van der Waals surface area contributed by atoms with Gasteiger partial charge in [0.1, 0.15) is 15.8 Å². The lowest BCUT2D eigenvalue weighted by Crippen LogP contribution is -2.37. The van der Waals surface area contributed by atoms with Crippen molar-refractivity contribution in [3.8, 4) is 11.5 Å². The Bertz CT molecular complexity index is 1150. The smallest absolute Gasteiger partial charge is 0.245 e. The lowest BCUT2D eigenvalue weighted by molar-refractivity contribution is -0.116. The fourth-order valence-electron chi connectivity index (χ4n) is 2.80. The number of furan rings is 1. The molecule has 2 aromatic heterocycles. The SMILES string of the molecule is O=C(CN(Cc1ccco1)S(=O)(=O)c1ccc(Cl)nc1)Nc1ccc2c(c1)OCO2. The van der Waals surface area contributed by atoms with Crippen molar-refractivity contribution in [2.75, 3.05) is 18.7 Å². The average molecular weight is 450 g/mol. The number of ether oxygens (including phenoxy) is 2. The molecule has 0 radical (unpaired) electrons. The molecule has 1 aliphatic rings. The third-order valence-electron chi connectivity index (χ3n) is 4.23. The number of halogens is 1. The number of nitrogens with one attached hydrogen (secondary N) is 1. The minimum atomic E-state index is -4.04. The molecule has 0 saturated heterocycles. The molecule has 30 heavy (non-hydrogen) atoms. The van der Waals surface area contributed by atoms with E-state index in [1.54, 1.807) is 30.3 Å². The highest BCUT2D eigenvalue weighted by Crippen LogP contribution is 2.34. The first kappa shape index (κ1) is 20.2. The molecule has 1 aliphatic heterocycles. The molecule has 0 unspecified atom stereocenters. The number of amides is 1. The van der Waals surface area contributed by atoms with E-state index < -0.39 is 22.5 Å². The highest BCUT2D eigenvalue weighted by molar-refractivity contribution is 7.89. The van der Waals surface area contributed by atoms with E-state index in [0.717, 1.165) is 10.5 Å². The number of pyridine rings is 1. The molecule has 9 nitrogen and oxygen atoms in total. The van der Waals surface area contributed by atoms with Crippen LogP contribution >= 0.6 is 11.6 Å². The van der Waals surface area contributed by atoms with Gasteiger partial charge in [-0.1, -0.05) is 11.6 Å². The third kappa shape index (κ3) is 4.40. The molecule has 3 aromatic rings. The monoisotopic (exact) mass is 449 g/mol. The zero-order chi connectivity index (χ0) is 21.1. The number of fused-ring (bicyclic) bond motifs is 1. The van der Waals surface area contributed by atoms with Crippen molar-refractivity contribution in [2.24, 2.45) is 0 Å². The van der Waals surface area contributed by atoms with Gasteiger partial charge < -0.3 is 19.2 Å². The maximum Gasteiger partial charge on any atom is 0.245 e. The molecule has 156 valence electrons. The van der Waals surface area contributed by atoms with Crippen LogP contribution in [0.1, 0.15) is 5.76 Å². The number of hydrogen-bond acceptors (Lipinski definition) is 7. The van der Waals surface area contributed by atoms with Crippen molar-refractivity contribution in [3.63, 3.8) is 0 Å². The third-order valence-corrected chi connectivity index (χ3v) is 6.23. The molecule has 1 aromatic carbocycles. The molecular formula is C19H16ClN3O6S. The number of aromatic nitrogens is 1. The maximum atomic E-state index is 13.1. The summed E-state index contributed by atoms with van der Waals surface area (Å²) in [7, 11) is -4.04. The molecule has 0 atom stereocenters. The van der Waals surface area contributed by atoms with Crippen molar-refractivity contribution >= 4 is 33.2 Å². The van der Waals surface area contributed by atoms with Gasteiger partial charge in [0.05, 0.1) is 19.4 Å². The normalized spacial score (nSPS) is 12.9. The topological polar surface area (TPSA) is 111 Å². The van der Waals surface area contributed by atoms with Crippen LogP contribution < -0.4 is 14.8 Å². The number of carbonyl (C=O) groups is 1. The van der Waals surface area contributed by atoms with E-state index in [9.17, 15) is 13.2 Å². The van der Waals surface area contributed by atoms with Gasteiger partial charge in [-0.15, -0.1) is 0 Å². The number of carbonyl (C=O) groups excluding carboxylic acids is 1. The first-order chi connectivity index (χ1) is 14.4. The first-order valence-electron chi connectivity index (χ1n) is 8.75. The van der Waals surface area contributed by atoms with Crippen molar-refractivity contribution in [2.45, 2.75) is 11.4 Å². The van der Waals surface area contributed by atoms with Crippen LogP contribution in [0.3, 0.4) is 0 Å². The van der Waals surface area contributed by atoms with Crippen molar-refractivity contribution in [1.29, 1.82) is 0 Å². The van der Waals surface area contributed by atoms with Crippen LogP contribution in [0.4, 0.5) is 5.69 Å². The molecular weight excluding hydrogens is 434 g/mol. The van der Waals surface area contributed by atoms with Crippen LogP contribution in [0.2, 0.25) is 5.15 Å². The molecule has 0 saturated carbocycles. The second-order valence-electron chi connectivity index (χ2n) is 6.29. The highest BCUT2D eigenvalue weighted by atomic mass is 35.5. The molecule has 11 heteroatoms. The fraction of sp³-hybridized carbons (Fsp3) is 0.158. The number of benzene rings is 1. The van der Waals surface area contributed by atoms with Crippen LogP contribution in [0.5, 0.6) is 11.5 Å². The Morgan fingerprint density at radius 3 is 2.73 bits per heavy atom. The Hall–Kier alpha value is -3.08. The zero-order valence-electron chi connectivity index (χ0n) is 15.4. The standard InChI is InChI=1S/C19H16ClN3O6S/c20-18-6-4-15(9-21-18)30(25,26)23(10-14-2-1-7-27-14)11-19(24)22-13-3-5-16-17(8-13)29-12-28-16/h1-9H,10-12H2,(H,22,24). The Kier molecular flexibility index (Phi) is 5.62. The molecule has 4 rings (SSSR count). The molecule has 1 N–H and O–H groups in total. The Morgan fingerprint density at radius 1 is 1.17 bits per heavy atom. The van der Waals surface area contributed by atoms with Gasteiger partial charge in [-0.3, -0.25) is 4.79 Å². The van der Waals surface area contributed by atoms with Gasteiger partial charge in [-0.25, -0.2) is 13.4 Å². The molecule has 0 fully saturated rings. The molecule has 3 heterocycles. The van der Waals surface area contributed by atoms with Gasteiger partial charge in [0.25, 0.3) is 0 Å². The Morgan fingerprint density at radius 2 is 2.00 bits per heavy atom. The van der Waals surface area contributed by atoms with Gasteiger partial charge >= 0.3 is 0 Å². The van der Waals surface area contributed by atoms with E-state index in [1.165, 1.54) is 18.4 Å². The van der Waals surface area contributed by atoms with Crippen molar-refractivity contribution < 1.29 is 27.1 Å². The Labute approximate surface area is 177 Å². The second kappa shape index (κ2) is 8.34. The van der Waals surface area contributed by atoms with E-state index in [2.05, 4.69) is 10.3 Å². The molecule has 0 spiro atoms. The minimum absolute atomic E-state index is 0.0886. The van der Waals surface area contributed by atoms with Gasteiger partial charge in [-0.05, 0) is 36.4 Å². The van der Waals surface area contributed by atoms with E-state index in [1.807, 2.05) is 0 Å². The van der Waals surface area contributed by atoms with Crippen LogP contribution in [-0.2, 0) is 21.4 Å². The van der Waals surface area contributed by atoms with Crippen LogP contribution in [0.25, 0.3) is 0 Å². The lowest BCUT2D eigenvalue weighted by Gasteiger charge is -2.20. The maximum absolute atomic E-state index is 13.1. The molecule has 0 aliphatic carbocycles. The van der Waals surface area contributed by atoms with E-state index in [0.29, 0.717) is 22.9 Å². The predicted octanol–water partition coefficient (Wildman–Crippen LogP) is 2.89. The van der Waals surface area contributed by atoms with Crippen LogP contribution in [-0.4, -0.2) is 37.0 Å². The van der Waals surface area contributed by atoms with Gasteiger partial charge in [-0.2, -0.15) is 4.31 Å². The minimum Gasteiger partial charge on any atom is -0.468 e. The fourth-order valence-corrected chi connectivity index (χ4v) is 4.22. The summed E-state index contributed by atoms with van der Waals surface area (Å²) >= 11 is 5.75. The number of anilines is 1.